The molecule has 0 aliphatic rings. The van der Waals surface area contributed by atoms with E-state index in [-0.39, 0.29) is 18.6 Å². The number of nitrogens with zero attached hydrogens (tertiary/aromatic N) is 1. The van der Waals surface area contributed by atoms with E-state index in [1.807, 2.05) is 0 Å². The second-order valence-electron chi connectivity index (χ2n) is 7.49. The minimum absolute atomic E-state index is 0. The summed E-state index contributed by atoms with van der Waals surface area (Å²) in [6.45, 7) is 4.74. The van der Waals surface area contributed by atoms with Crippen LogP contribution in [0.1, 0.15) is 76.7 Å². The molecule has 0 unspecified atom stereocenters. The lowest BCUT2D eigenvalue weighted by Crippen LogP contribution is -2.39. The van der Waals surface area contributed by atoms with Crippen molar-refractivity contribution in [2.24, 2.45) is 0 Å². The smallest absolute Gasteiger partial charge is 0.104 e. The minimum Gasteiger partial charge on any atom is -0.344 e. The Kier molecular flexibility index (Phi) is 17.0. The molecule has 142 valence electrons. The molecule has 0 atom stereocenters. The molecular formula is C21H42ClN2+. The first-order valence-corrected chi connectivity index (χ1v) is 9.50. The van der Waals surface area contributed by atoms with Crippen molar-refractivity contribution < 1.29 is 4.48 Å². The van der Waals surface area contributed by atoms with Crippen molar-refractivity contribution in [2.45, 2.75) is 77.7 Å². The van der Waals surface area contributed by atoms with Crippen LogP contribution in [0, 0.1) is 0 Å². The molecule has 0 saturated carbocycles. The molecule has 1 aromatic carbocycles. The van der Waals surface area contributed by atoms with Gasteiger partial charge in [0, 0.05) is 5.56 Å². The summed E-state index contributed by atoms with van der Waals surface area (Å²) in [5, 5.41) is 0. The number of unbranched alkanes of at least 4 members (excludes halogenated alkanes) is 9. The SMILES string of the molecule is CCCCCCCCCCCC[N+](C)(C)Cc1ccccc1.Cl.N. The average Bonchev–Trinajstić information content (AvgIpc) is 2.49. The first-order valence-electron chi connectivity index (χ1n) is 9.50. The fourth-order valence-corrected chi connectivity index (χ4v) is 3.18. The highest BCUT2D eigenvalue weighted by Crippen LogP contribution is 2.13. The molecule has 0 aliphatic carbocycles. The maximum atomic E-state index is 2.36. The van der Waals surface area contributed by atoms with Crippen molar-refractivity contribution in [3.05, 3.63) is 35.9 Å². The largest absolute Gasteiger partial charge is 0.344 e. The van der Waals surface area contributed by atoms with Gasteiger partial charge in [-0.05, 0) is 12.8 Å². The van der Waals surface area contributed by atoms with E-state index in [9.17, 15) is 0 Å². The summed E-state index contributed by atoms with van der Waals surface area (Å²) in [4.78, 5) is 0. The highest BCUT2D eigenvalue weighted by atomic mass is 35.5. The molecule has 1 aromatic rings. The van der Waals surface area contributed by atoms with E-state index >= 15 is 0 Å². The molecule has 0 amide bonds. The minimum atomic E-state index is 0. The molecule has 0 heterocycles. The van der Waals surface area contributed by atoms with Crippen molar-refractivity contribution in [1.29, 1.82) is 0 Å². The molecule has 3 heteroatoms. The van der Waals surface area contributed by atoms with Gasteiger partial charge in [0.25, 0.3) is 0 Å². The van der Waals surface area contributed by atoms with Gasteiger partial charge in [0.1, 0.15) is 6.54 Å². The maximum Gasteiger partial charge on any atom is 0.104 e. The molecule has 0 aromatic heterocycles. The zero-order chi connectivity index (χ0) is 16.1. The van der Waals surface area contributed by atoms with Crippen LogP contribution < -0.4 is 6.15 Å². The fraction of sp³-hybridized carbons (Fsp3) is 0.714. The van der Waals surface area contributed by atoms with E-state index in [4.69, 9.17) is 0 Å². The van der Waals surface area contributed by atoms with Gasteiger partial charge in [-0.3, -0.25) is 0 Å². The van der Waals surface area contributed by atoms with E-state index in [1.54, 1.807) is 0 Å². The Hall–Kier alpha value is -0.570. The van der Waals surface area contributed by atoms with Crippen LogP contribution in [0.5, 0.6) is 0 Å². The molecule has 2 nitrogen and oxygen atoms in total. The summed E-state index contributed by atoms with van der Waals surface area (Å²) in [6, 6.07) is 10.9. The molecule has 0 radical (unpaired) electrons. The van der Waals surface area contributed by atoms with Crippen LogP contribution >= 0.6 is 12.4 Å². The highest BCUT2D eigenvalue weighted by molar-refractivity contribution is 5.85. The number of halogens is 1. The second-order valence-corrected chi connectivity index (χ2v) is 7.49. The first-order chi connectivity index (χ1) is 10.6. The molecule has 1 rings (SSSR count). The Morgan fingerprint density at radius 3 is 1.67 bits per heavy atom. The van der Waals surface area contributed by atoms with E-state index in [2.05, 4.69) is 51.4 Å². The van der Waals surface area contributed by atoms with Crippen LogP contribution in [0.4, 0.5) is 0 Å². The molecule has 0 bridgehead atoms. The topological polar surface area (TPSA) is 35.0 Å². The number of quaternary nitrogens is 1. The van der Waals surface area contributed by atoms with Crippen molar-refractivity contribution in [1.82, 2.24) is 6.15 Å². The quantitative estimate of drug-likeness (QED) is 0.307. The van der Waals surface area contributed by atoms with Gasteiger partial charge in [0.15, 0.2) is 0 Å². The predicted octanol–water partition coefficient (Wildman–Crippen LogP) is 6.77. The van der Waals surface area contributed by atoms with Gasteiger partial charge in [0.2, 0.25) is 0 Å². The summed E-state index contributed by atoms with van der Waals surface area (Å²) in [7, 11) is 4.72. The fourth-order valence-electron chi connectivity index (χ4n) is 3.18. The zero-order valence-corrected chi connectivity index (χ0v) is 17.3. The summed E-state index contributed by atoms with van der Waals surface area (Å²) in [5.41, 5.74) is 1.46. The van der Waals surface area contributed by atoms with Crippen LogP contribution in [0.15, 0.2) is 30.3 Å². The first kappa shape index (κ1) is 25.7. The lowest BCUT2D eigenvalue weighted by Gasteiger charge is -2.30. The van der Waals surface area contributed by atoms with Gasteiger partial charge in [-0.25, -0.2) is 0 Å². The highest BCUT2D eigenvalue weighted by Gasteiger charge is 2.14. The van der Waals surface area contributed by atoms with Crippen LogP contribution in [0.2, 0.25) is 0 Å². The van der Waals surface area contributed by atoms with Gasteiger partial charge < -0.3 is 10.6 Å². The van der Waals surface area contributed by atoms with Crippen LogP contribution in [-0.2, 0) is 6.54 Å². The van der Waals surface area contributed by atoms with Crippen molar-refractivity contribution in [3.8, 4) is 0 Å². The summed E-state index contributed by atoms with van der Waals surface area (Å²) >= 11 is 0. The third kappa shape index (κ3) is 13.8. The molecule has 3 N–H and O–H groups in total. The average molecular weight is 358 g/mol. The van der Waals surface area contributed by atoms with Crippen molar-refractivity contribution >= 4 is 12.4 Å². The molecule has 0 saturated heterocycles. The van der Waals surface area contributed by atoms with Gasteiger partial charge in [-0.1, -0.05) is 88.6 Å². The Morgan fingerprint density at radius 2 is 1.17 bits per heavy atom. The van der Waals surface area contributed by atoms with Crippen LogP contribution in [-0.4, -0.2) is 25.1 Å². The van der Waals surface area contributed by atoms with E-state index in [1.165, 1.54) is 76.3 Å². The summed E-state index contributed by atoms with van der Waals surface area (Å²) in [5.74, 6) is 0. The lowest BCUT2D eigenvalue weighted by atomic mass is 10.1. The third-order valence-corrected chi connectivity index (χ3v) is 4.57. The normalized spacial score (nSPS) is 10.8. The zero-order valence-electron chi connectivity index (χ0n) is 16.4. The molecule has 24 heavy (non-hydrogen) atoms. The summed E-state index contributed by atoms with van der Waals surface area (Å²) < 4.78 is 1.11. The summed E-state index contributed by atoms with van der Waals surface area (Å²) in [6.07, 6.45) is 14.2. The predicted molar refractivity (Wildman–Crippen MR) is 111 cm³/mol. The Bertz CT molecular complexity index is 365. The third-order valence-electron chi connectivity index (χ3n) is 4.57. The Labute approximate surface area is 157 Å². The number of benzene rings is 1. The van der Waals surface area contributed by atoms with Crippen LogP contribution in [0.3, 0.4) is 0 Å². The van der Waals surface area contributed by atoms with E-state index < -0.39 is 0 Å². The Balaban J connectivity index is 0. The van der Waals surface area contributed by atoms with Gasteiger partial charge in [-0.15, -0.1) is 12.4 Å². The van der Waals surface area contributed by atoms with Gasteiger partial charge in [0.05, 0.1) is 20.6 Å². The van der Waals surface area contributed by atoms with Gasteiger partial charge in [-0.2, -0.15) is 0 Å². The molecule has 0 aliphatic heterocycles. The monoisotopic (exact) mass is 357 g/mol. The molecule has 0 spiro atoms. The van der Waals surface area contributed by atoms with Crippen molar-refractivity contribution in [2.75, 3.05) is 20.6 Å². The molecule has 0 fully saturated rings. The van der Waals surface area contributed by atoms with E-state index in [0.717, 1.165) is 11.0 Å². The second kappa shape index (κ2) is 15.9. The molecular weight excluding hydrogens is 316 g/mol. The number of hydrogen-bond donors (Lipinski definition) is 1. The number of rotatable bonds is 13. The number of hydrogen-bond acceptors (Lipinski definition) is 1. The van der Waals surface area contributed by atoms with Gasteiger partial charge >= 0.3 is 0 Å². The maximum absolute atomic E-state index is 2.36. The Morgan fingerprint density at radius 1 is 0.708 bits per heavy atom. The van der Waals surface area contributed by atoms with E-state index in [0.29, 0.717) is 0 Å². The van der Waals surface area contributed by atoms with Crippen molar-refractivity contribution in [3.63, 3.8) is 0 Å². The lowest BCUT2D eigenvalue weighted by molar-refractivity contribution is -0.903. The van der Waals surface area contributed by atoms with Crippen LogP contribution in [0.25, 0.3) is 0 Å². The standard InChI is InChI=1S/C21H38N.ClH.H3N/c1-4-5-6-7-8-9-10-11-12-16-19-22(2,3)20-21-17-14-13-15-18-21;;/h13-15,17-18H,4-12,16,19-20H2,1-3H3;1H;1H3/q+1;;.